The number of hydrogen-bond donors (Lipinski definition) is 1. The van der Waals surface area contributed by atoms with Crippen molar-refractivity contribution in [3.63, 3.8) is 0 Å². The molecule has 0 aliphatic rings. The van der Waals surface area contributed by atoms with Crippen molar-refractivity contribution in [2.24, 2.45) is 0 Å². The Kier molecular flexibility index (Phi) is 5.68. The van der Waals surface area contributed by atoms with E-state index in [-0.39, 0.29) is 5.91 Å². The summed E-state index contributed by atoms with van der Waals surface area (Å²) in [6.07, 6.45) is 0.754. The Morgan fingerprint density at radius 3 is 2.54 bits per heavy atom. The van der Waals surface area contributed by atoms with Crippen LogP contribution in [0, 0.1) is 6.92 Å². The molecule has 0 aliphatic heterocycles. The fourth-order valence-corrected chi connectivity index (χ4v) is 3.73. The molecule has 1 aromatic heterocycles. The van der Waals surface area contributed by atoms with Gasteiger partial charge in [0.1, 0.15) is 4.88 Å². The number of aromatic nitrogens is 1. The van der Waals surface area contributed by atoms with Crippen LogP contribution in [-0.4, -0.2) is 25.0 Å². The van der Waals surface area contributed by atoms with E-state index in [1.165, 1.54) is 16.9 Å². The molecule has 1 heterocycles. The monoisotopic (exact) mass is 365 g/mol. The summed E-state index contributed by atoms with van der Waals surface area (Å²) in [5.74, 6) is -0.0606. The van der Waals surface area contributed by atoms with Crippen LogP contribution >= 0.6 is 11.3 Å². The summed E-state index contributed by atoms with van der Waals surface area (Å²) in [4.78, 5) is 19.9. The Hall–Kier alpha value is -2.66. The van der Waals surface area contributed by atoms with Crippen molar-refractivity contribution in [2.75, 3.05) is 19.0 Å². The van der Waals surface area contributed by atoms with Gasteiger partial charge in [0.05, 0.1) is 10.7 Å². The Bertz CT molecular complexity index is 887. The standard InChI is InChI=1S/C21H23N3OS/c1-15-20(26-19(23-15)13-16-8-5-4-6-9-16)21(25)22-14-17-10-7-11-18(12-17)24(2)3/h4-12H,13-14H2,1-3H3,(H,22,25). The molecule has 0 saturated carbocycles. The van der Waals surface area contributed by atoms with E-state index in [9.17, 15) is 4.79 Å². The summed E-state index contributed by atoms with van der Waals surface area (Å²) in [7, 11) is 4.01. The van der Waals surface area contributed by atoms with Gasteiger partial charge < -0.3 is 10.2 Å². The van der Waals surface area contributed by atoms with Gasteiger partial charge >= 0.3 is 0 Å². The summed E-state index contributed by atoms with van der Waals surface area (Å²) in [6, 6.07) is 18.4. The molecular weight excluding hydrogens is 342 g/mol. The maximum Gasteiger partial charge on any atom is 0.263 e. The second-order valence-corrected chi connectivity index (χ2v) is 7.52. The maximum atomic E-state index is 12.6. The lowest BCUT2D eigenvalue weighted by Gasteiger charge is -2.13. The molecule has 0 spiro atoms. The van der Waals surface area contributed by atoms with E-state index in [0.29, 0.717) is 11.4 Å². The smallest absolute Gasteiger partial charge is 0.263 e. The Labute approximate surface area is 158 Å². The molecule has 5 heteroatoms. The molecule has 0 saturated heterocycles. The van der Waals surface area contributed by atoms with E-state index < -0.39 is 0 Å². The van der Waals surface area contributed by atoms with E-state index in [4.69, 9.17) is 0 Å². The van der Waals surface area contributed by atoms with Crippen molar-refractivity contribution >= 4 is 22.9 Å². The van der Waals surface area contributed by atoms with Gasteiger partial charge in [0.25, 0.3) is 5.91 Å². The van der Waals surface area contributed by atoms with Gasteiger partial charge in [0.15, 0.2) is 0 Å². The van der Waals surface area contributed by atoms with Crippen LogP contribution in [0.25, 0.3) is 0 Å². The Morgan fingerprint density at radius 1 is 1.08 bits per heavy atom. The number of hydrogen-bond acceptors (Lipinski definition) is 4. The predicted molar refractivity (Wildman–Crippen MR) is 108 cm³/mol. The number of thiazole rings is 1. The third-order valence-corrected chi connectivity index (χ3v) is 5.28. The van der Waals surface area contributed by atoms with Crippen molar-refractivity contribution in [2.45, 2.75) is 19.9 Å². The Balaban J connectivity index is 1.66. The number of nitrogens with zero attached hydrogens (tertiary/aromatic N) is 2. The van der Waals surface area contributed by atoms with E-state index in [2.05, 4.69) is 39.5 Å². The van der Waals surface area contributed by atoms with Gasteiger partial charge in [-0.3, -0.25) is 4.79 Å². The zero-order chi connectivity index (χ0) is 18.5. The average Bonchev–Trinajstić information content (AvgIpc) is 3.01. The zero-order valence-electron chi connectivity index (χ0n) is 15.3. The molecule has 0 bridgehead atoms. The molecular formula is C21H23N3OS. The lowest BCUT2D eigenvalue weighted by molar-refractivity contribution is 0.0954. The lowest BCUT2D eigenvalue weighted by Crippen LogP contribution is -2.22. The van der Waals surface area contributed by atoms with Gasteiger partial charge in [-0.25, -0.2) is 4.98 Å². The molecule has 0 radical (unpaired) electrons. The molecule has 0 unspecified atom stereocenters. The largest absolute Gasteiger partial charge is 0.378 e. The second-order valence-electron chi connectivity index (χ2n) is 6.43. The van der Waals surface area contributed by atoms with E-state index in [1.807, 2.05) is 51.4 Å². The first kappa shape index (κ1) is 18.1. The minimum absolute atomic E-state index is 0.0606. The number of carbonyl (C=O) groups is 1. The molecule has 3 rings (SSSR count). The van der Waals surface area contributed by atoms with Gasteiger partial charge in [-0.2, -0.15) is 0 Å². The lowest BCUT2D eigenvalue weighted by atomic mass is 10.2. The van der Waals surface area contributed by atoms with E-state index in [1.54, 1.807) is 0 Å². The van der Waals surface area contributed by atoms with Gasteiger partial charge in [0.2, 0.25) is 0 Å². The summed E-state index contributed by atoms with van der Waals surface area (Å²) in [6.45, 7) is 2.40. The Morgan fingerprint density at radius 2 is 1.81 bits per heavy atom. The topological polar surface area (TPSA) is 45.2 Å². The van der Waals surface area contributed by atoms with Crippen LogP contribution in [0.3, 0.4) is 0 Å². The zero-order valence-corrected chi connectivity index (χ0v) is 16.1. The molecule has 1 amide bonds. The third-order valence-electron chi connectivity index (χ3n) is 4.13. The summed E-state index contributed by atoms with van der Waals surface area (Å²) in [5.41, 5.74) is 4.20. The minimum atomic E-state index is -0.0606. The van der Waals surface area contributed by atoms with Gasteiger partial charge in [-0.05, 0) is 30.2 Å². The number of nitrogens with one attached hydrogen (secondary N) is 1. The molecule has 4 nitrogen and oxygen atoms in total. The minimum Gasteiger partial charge on any atom is -0.378 e. The SMILES string of the molecule is Cc1nc(Cc2ccccc2)sc1C(=O)NCc1cccc(N(C)C)c1. The molecule has 134 valence electrons. The van der Waals surface area contributed by atoms with Gasteiger partial charge in [-0.15, -0.1) is 11.3 Å². The summed E-state index contributed by atoms with van der Waals surface area (Å²) in [5, 5.41) is 3.98. The maximum absolute atomic E-state index is 12.6. The number of aryl methyl sites for hydroxylation is 1. The number of anilines is 1. The summed E-state index contributed by atoms with van der Waals surface area (Å²) >= 11 is 1.47. The fraction of sp³-hybridized carbons (Fsp3) is 0.238. The van der Waals surface area contributed by atoms with Crippen LogP contribution in [0.15, 0.2) is 54.6 Å². The molecule has 3 aromatic rings. The first-order valence-electron chi connectivity index (χ1n) is 8.57. The van der Waals surface area contributed by atoms with Crippen LogP contribution in [0.1, 0.15) is 31.5 Å². The van der Waals surface area contributed by atoms with Crippen molar-refractivity contribution in [1.29, 1.82) is 0 Å². The third kappa shape index (κ3) is 4.49. The van der Waals surface area contributed by atoms with E-state index in [0.717, 1.165) is 28.4 Å². The van der Waals surface area contributed by atoms with Crippen molar-refractivity contribution in [3.8, 4) is 0 Å². The van der Waals surface area contributed by atoms with Crippen LogP contribution in [0.5, 0.6) is 0 Å². The molecule has 0 aliphatic carbocycles. The number of rotatable bonds is 6. The highest BCUT2D eigenvalue weighted by molar-refractivity contribution is 7.13. The fourth-order valence-electron chi connectivity index (χ4n) is 2.72. The summed E-state index contributed by atoms with van der Waals surface area (Å²) < 4.78 is 0. The first-order valence-corrected chi connectivity index (χ1v) is 9.39. The highest BCUT2D eigenvalue weighted by atomic mass is 32.1. The van der Waals surface area contributed by atoms with Crippen LogP contribution in [0.2, 0.25) is 0 Å². The highest BCUT2D eigenvalue weighted by Crippen LogP contribution is 2.21. The van der Waals surface area contributed by atoms with Crippen LogP contribution in [-0.2, 0) is 13.0 Å². The van der Waals surface area contributed by atoms with Crippen molar-refractivity contribution in [3.05, 3.63) is 81.3 Å². The van der Waals surface area contributed by atoms with E-state index >= 15 is 0 Å². The predicted octanol–water partition coefficient (Wildman–Crippen LogP) is 4.04. The highest BCUT2D eigenvalue weighted by Gasteiger charge is 2.15. The number of amides is 1. The first-order chi connectivity index (χ1) is 12.5. The van der Waals surface area contributed by atoms with Crippen LogP contribution in [0.4, 0.5) is 5.69 Å². The average molecular weight is 366 g/mol. The van der Waals surface area contributed by atoms with Crippen LogP contribution < -0.4 is 10.2 Å². The normalized spacial score (nSPS) is 10.6. The van der Waals surface area contributed by atoms with Crippen molar-refractivity contribution < 1.29 is 4.79 Å². The molecule has 26 heavy (non-hydrogen) atoms. The number of benzene rings is 2. The van der Waals surface area contributed by atoms with Gasteiger partial charge in [-0.1, -0.05) is 42.5 Å². The molecule has 0 atom stereocenters. The van der Waals surface area contributed by atoms with Gasteiger partial charge in [0, 0.05) is 32.7 Å². The van der Waals surface area contributed by atoms with Crippen molar-refractivity contribution in [1.82, 2.24) is 10.3 Å². The number of carbonyl (C=O) groups excluding carboxylic acids is 1. The molecule has 0 fully saturated rings. The molecule has 2 aromatic carbocycles. The second kappa shape index (κ2) is 8.15. The quantitative estimate of drug-likeness (QED) is 0.717. The molecule has 1 N–H and O–H groups in total.